The van der Waals surface area contributed by atoms with Crippen LogP contribution in [0.1, 0.15) is 4.88 Å². The van der Waals surface area contributed by atoms with Crippen LogP contribution in [0, 0.1) is 10.1 Å². The molecule has 1 N–H and O–H groups in total. The highest BCUT2D eigenvalue weighted by molar-refractivity contribution is 7.16. The van der Waals surface area contributed by atoms with Crippen LogP contribution in [0.4, 0.5) is 5.69 Å². The minimum atomic E-state index is -0.388. The summed E-state index contributed by atoms with van der Waals surface area (Å²) in [6.07, 6.45) is 1.73. The Labute approximate surface area is 135 Å². The van der Waals surface area contributed by atoms with E-state index >= 15 is 0 Å². The molecule has 0 radical (unpaired) electrons. The number of nitrogens with one attached hydrogen (secondary N) is 1. The molecule has 0 spiro atoms. The molecule has 6 nitrogen and oxygen atoms in total. The molecular formula is C14H14ClN4O2S+. The number of fused-ring (bicyclic) bond motifs is 1. The highest BCUT2D eigenvalue weighted by atomic mass is 35.5. The molecule has 8 heteroatoms. The Morgan fingerprint density at radius 2 is 2.23 bits per heavy atom. The first-order valence-corrected chi connectivity index (χ1v) is 7.88. The monoisotopic (exact) mass is 337 g/mol. The number of nitro benzene ring substituents is 1. The van der Waals surface area contributed by atoms with E-state index in [0.717, 1.165) is 21.8 Å². The third-order valence-corrected chi connectivity index (χ3v) is 4.59. The second-order valence-corrected chi connectivity index (χ2v) is 6.94. The number of halogens is 1. The van der Waals surface area contributed by atoms with Crippen LogP contribution in [0.5, 0.6) is 0 Å². The lowest BCUT2D eigenvalue weighted by atomic mass is 10.2. The Morgan fingerprint density at radius 3 is 2.91 bits per heavy atom. The van der Waals surface area contributed by atoms with Crippen molar-refractivity contribution >= 4 is 39.5 Å². The SMILES string of the molecule is C[NH+](Cc1ccc(Cl)s1)Cn1ncc2ccc([N+](=O)[O-])cc21. The number of thiophene rings is 1. The van der Waals surface area contributed by atoms with Gasteiger partial charge in [-0.3, -0.25) is 10.1 Å². The summed E-state index contributed by atoms with van der Waals surface area (Å²) in [7, 11) is 2.05. The maximum atomic E-state index is 10.9. The van der Waals surface area contributed by atoms with Crippen LogP contribution in [0.2, 0.25) is 4.34 Å². The average Bonchev–Trinajstić information content (AvgIpc) is 3.05. The predicted octanol–water partition coefficient (Wildman–Crippen LogP) is 2.33. The zero-order valence-electron chi connectivity index (χ0n) is 11.8. The standard InChI is InChI=1S/C14H13ClN4O2S/c1-17(8-12-4-5-14(15)22-12)9-18-13-6-11(19(20)21)3-2-10(13)7-16-18/h2-7H,8-9H2,1H3/p+1. The molecule has 1 unspecified atom stereocenters. The molecule has 2 aromatic heterocycles. The topological polar surface area (TPSA) is 65.4 Å². The first kappa shape index (κ1) is 15.0. The van der Waals surface area contributed by atoms with E-state index in [1.54, 1.807) is 34.3 Å². The molecule has 1 atom stereocenters. The van der Waals surface area contributed by atoms with Crippen molar-refractivity contribution in [1.82, 2.24) is 9.78 Å². The lowest BCUT2D eigenvalue weighted by molar-refractivity contribution is -0.916. The first-order valence-electron chi connectivity index (χ1n) is 6.68. The van der Waals surface area contributed by atoms with E-state index in [1.807, 2.05) is 12.1 Å². The summed E-state index contributed by atoms with van der Waals surface area (Å²) in [6.45, 7) is 1.45. The van der Waals surface area contributed by atoms with Crippen molar-refractivity contribution in [2.75, 3.05) is 7.05 Å². The molecule has 0 amide bonds. The molecule has 1 aromatic carbocycles. The first-order chi connectivity index (χ1) is 10.5. The third-order valence-electron chi connectivity index (χ3n) is 3.36. The molecule has 3 rings (SSSR count). The number of hydrogen-bond donors (Lipinski definition) is 1. The lowest BCUT2D eigenvalue weighted by Crippen LogP contribution is -3.06. The number of nitro groups is 1. The van der Waals surface area contributed by atoms with Crippen molar-refractivity contribution in [2.45, 2.75) is 13.2 Å². The van der Waals surface area contributed by atoms with Gasteiger partial charge in [0.25, 0.3) is 5.69 Å². The van der Waals surface area contributed by atoms with Crippen molar-refractivity contribution in [1.29, 1.82) is 0 Å². The fraction of sp³-hybridized carbons (Fsp3) is 0.214. The van der Waals surface area contributed by atoms with E-state index in [9.17, 15) is 10.1 Å². The average molecular weight is 338 g/mol. The van der Waals surface area contributed by atoms with Gasteiger partial charge in [0, 0.05) is 17.5 Å². The highest BCUT2D eigenvalue weighted by Crippen LogP contribution is 2.21. The van der Waals surface area contributed by atoms with Crippen molar-refractivity contribution in [2.24, 2.45) is 0 Å². The Balaban J connectivity index is 1.80. The summed E-state index contributed by atoms with van der Waals surface area (Å²) < 4.78 is 2.58. The molecule has 0 aliphatic heterocycles. The van der Waals surface area contributed by atoms with Gasteiger partial charge in [0.2, 0.25) is 0 Å². The fourth-order valence-corrected chi connectivity index (χ4v) is 3.56. The van der Waals surface area contributed by atoms with Crippen molar-refractivity contribution in [3.8, 4) is 0 Å². The molecule has 22 heavy (non-hydrogen) atoms. The van der Waals surface area contributed by atoms with Crippen LogP contribution >= 0.6 is 22.9 Å². The van der Waals surface area contributed by atoms with Crippen LogP contribution < -0.4 is 4.90 Å². The van der Waals surface area contributed by atoms with Gasteiger partial charge in [-0.25, -0.2) is 4.68 Å². The molecule has 3 aromatic rings. The molecule has 0 fully saturated rings. The number of benzene rings is 1. The van der Waals surface area contributed by atoms with E-state index in [0.29, 0.717) is 6.67 Å². The molecule has 0 aliphatic carbocycles. The number of hydrogen-bond acceptors (Lipinski definition) is 4. The molecule has 2 heterocycles. The van der Waals surface area contributed by atoms with Gasteiger partial charge in [-0.05, 0) is 18.2 Å². The van der Waals surface area contributed by atoms with Crippen LogP contribution in [-0.2, 0) is 13.2 Å². The van der Waals surface area contributed by atoms with Crippen LogP contribution in [0.3, 0.4) is 0 Å². The minimum Gasteiger partial charge on any atom is -0.314 e. The van der Waals surface area contributed by atoms with Crippen LogP contribution in [-0.4, -0.2) is 21.8 Å². The minimum absolute atomic E-state index is 0.0805. The van der Waals surface area contributed by atoms with Gasteiger partial charge in [-0.1, -0.05) is 11.6 Å². The van der Waals surface area contributed by atoms with Crippen molar-refractivity contribution < 1.29 is 9.82 Å². The van der Waals surface area contributed by atoms with E-state index in [4.69, 9.17) is 11.6 Å². The van der Waals surface area contributed by atoms with Gasteiger partial charge in [0.15, 0.2) is 6.67 Å². The summed E-state index contributed by atoms with van der Waals surface area (Å²) in [6, 6.07) is 8.70. The van der Waals surface area contributed by atoms with Crippen molar-refractivity contribution in [3.05, 3.63) is 55.9 Å². The van der Waals surface area contributed by atoms with Gasteiger partial charge < -0.3 is 4.90 Å². The Hall–Kier alpha value is -1.96. The molecule has 0 bridgehead atoms. The number of rotatable bonds is 5. The summed E-state index contributed by atoms with van der Waals surface area (Å²) in [5, 5.41) is 16.1. The zero-order valence-corrected chi connectivity index (χ0v) is 13.4. The zero-order chi connectivity index (χ0) is 15.7. The molecule has 114 valence electrons. The number of aromatic nitrogens is 2. The van der Waals surface area contributed by atoms with Gasteiger partial charge in [-0.15, -0.1) is 11.3 Å². The summed E-state index contributed by atoms with van der Waals surface area (Å²) in [5.74, 6) is 0. The maximum absolute atomic E-state index is 10.9. The summed E-state index contributed by atoms with van der Waals surface area (Å²) >= 11 is 7.50. The summed E-state index contributed by atoms with van der Waals surface area (Å²) in [4.78, 5) is 12.9. The normalized spacial score (nSPS) is 12.6. The smallest absolute Gasteiger partial charge is 0.271 e. The van der Waals surface area contributed by atoms with E-state index in [2.05, 4.69) is 12.1 Å². The maximum Gasteiger partial charge on any atom is 0.271 e. The van der Waals surface area contributed by atoms with Crippen molar-refractivity contribution in [3.63, 3.8) is 0 Å². The molecular weight excluding hydrogens is 324 g/mol. The van der Waals surface area contributed by atoms with Crippen LogP contribution in [0.25, 0.3) is 10.9 Å². The van der Waals surface area contributed by atoms with Gasteiger partial charge in [0.1, 0.15) is 6.54 Å². The predicted molar refractivity (Wildman–Crippen MR) is 86.3 cm³/mol. The fourth-order valence-electron chi connectivity index (χ4n) is 2.35. The van der Waals surface area contributed by atoms with Gasteiger partial charge in [0.05, 0.1) is 32.9 Å². The second-order valence-electron chi connectivity index (χ2n) is 5.14. The van der Waals surface area contributed by atoms with Gasteiger partial charge >= 0.3 is 0 Å². The third kappa shape index (κ3) is 3.11. The number of quaternary nitrogens is 1. The Kier molecular flexibility index (Phi) is 4.10. The summed E-state index contributed by atoms with van der Waals surface area (Å²) in [5.41, 5.74) is 0.856. The Bertz CT molecular complexity index is 829. The lowest BCUT2D eigenvalue weighted by Gasteiger charge is -2.13. The molecule has 0 saturated carbocycles. The van der Waals surface area contributed by atoms with E-state index in [1.165, 1.54) is 15.8 Å². The Morgan fingerprint density at radius 1 is 1.41 bits per heavy atom. The largest absolute Gasteiger partial charge is 0.314 e. The molecule has 0 saturated heterocycles. The quantitative estimate of drug-likeness (QED) is 0.574. The van der Waals surface area contributed by atoms with Gasteiger partial charge in [-0.2, -0.15) is 5.10 Å². The second kappa shape index (κ2) is 6.04. The van der Waals surface area contributed by atoms with E-state index in [-0.39, 0.29) is 10.6 Å². The van der Waals surface area contributed by atoms with E-state index < -0.39 is 0 Å². The highest BCUT2D eigenvalue weighted by Gasteiger charge is 2.13. The van der Waals surface area contributed by atoms with Crippen LogP contribution in [0.15, 0.2) is 36.5 Å². The number of non-ortho nitro benzene ring substituents is 1. The molecule has 0 aliphatic rings. The number of nitrogens with zero attached hydrogens (tertiary/aromatic N) is 3.